The van der Waals surface area contributed by atoms with Gasteiger partial charge < -0.3 is 14.9 Å². The summed E-state index contributed by atoms with van der Waals surface area (Å²) in [4.78, 5) is 40.4. The van der Waals surface area contributed by atoms with E-state index in [4.69, 9.17) is 5.11 Å². The lowest BCUT2D eigenvalue weighted by Crippen LogP contribution is -2.35. The van der Waals surface area contributed by atoms with E-state index in [1.54, 1.807) is 47.4 Å². The number of carboxylic acids is 1. The molecule has 0 bridgehead atoms. The Morgan fingerprint density at radius 3 is 2.54 bits per heavy atom. The summed E-state index contributed by atoms with van der Waals surface area (Å²) in [5.41, 5.74) is 1.06. The van der Waals surface area contributed by atoms with Crippen molar-refractivity contribution in [2.24, 2.45) is 5.92 Å². The third kappa shape index (κ3) is 3.48. The minimum absolute atomic E-state index is 0.0269. The van der Waals surface area contributed by atoms with Crippen LogP contribution in [0, 0.1) is 5.92 Å². The number of aromatic carboxylic acids is 1. The van der Waals surface area contributed by atoms with Crippen molar-refractivity contribution in [2.45, 2.75) is 19.0 Å². The number of benzene rings is 1. The average molecular weight is 372 g/mol. The maximum atomic E-state index is 13.0. The van der Waals surface area contributed by atoms with Crippen LogP contribution >= 0.6 is 11.3 Å². The number of carboxylic acid groups (broad SMARTS) is 1. The van der Waals surface area contributed by atoms with Crippen LogP contribution in [0.1, 0.15) is 33.3 Å². The second-order valence-electron chi connectivity index (χ2n) is 6.47. The van der Waals surface area contributed by atoms with Gasteiger partial charge in [-0.2, -0.15) is 0 Å². The fourth-order valence-corrected chi connectivity index (χ4v) is 4.26. The molecule has 2 atom stereocenters. The van der Waals surface area contributed by atoms with Crippen LogP contribution < -0.4 is 0 Å². The van der Waals surface area contributed by atoms with Gasteiger partial charge in [-0.15, -0.1) is 11.3 Å². The van der Waals surface area contributed by atoms with Crippen molar-refractivity contribution >= 4 is 29.1 Å². The fraction of sp³-hybridized carbons (Fsp3) is 0.316. The molecule has 1 aliphatic rings. The van der Waals surface area contributed by atoms with Crippen molar-refractivity contribution in [1.82, 2.24) is 9.80 Å². The number of likely N-dealkylation sites (tertiary alicyclic amines) is 1. The number of carbonyl (C=O) groups excluding carboxylic acids is 2. The van der Waals surface area contributed by atoms with Crippen LogP contribution in [0.3, 0.4) is 0 Å². The molecular formula is C19H20N2O4S. The topological polar surface area (TPSA) is 77.9 Å². The molecule has 2 heterocycles. The molecule has 0 saturated carbocycles. The third-order valence-corrected chi connectivity index (χ3v) is 5.68. The fourth-order valence-electron chi connectivity index (χ4n) is 3.33. The molecule has 7 heteroatoms. The molecule has 0 spiro atoms. The Bertz CT molecular complexity index is 817. The normalized spacial score (nSPS) is 19.6. The SMILES string of the molecule is CN(Cc1ccc(C(=O)O)cc1)C(=O)[C@@H]1CC(=O)N(C)[C@H]1c1cccs1. The lowest BCUT2D eigenvalue weighted by atomic mass is 9.97. The van der Waals surface area contributed by atoms with Crippen LogP contribution in [0.4, 0.5) is 0 Å². The van der Waals surface area contributed by atoms with Crippen LogP contribution in [-0.4, -0.2) is 46.8 Å². The second-order valence-corrected chi connectivity index (χ2v) is 7.45. The first-order valence-corrected chi connectivity index (χ1v) is 9.12. The third-order valence-electron chi connectivity index (χ3n) is 4.74. The Kier molecular flexibility index (Phi) is 5.08. The Hall–Kier alpha value is -2.67. The van der Waals surface area contributed by atoms with Crippen LogP contribution in [0.5, 0.6) is 0 Å². The molecule has 1 fully saturated rings. The van der Waals surface area contributed by atoms with Gasteiger partial charge in [0, 0.05) is 31.9 Å². The predicted molar refractivity (Wildman–Crippen MR) is 97.8 cm³/mol. The number of hydrogen-bond donors (Lipinski definition) is 1. The molecule has 1 N–H and O–H groups in total. The van der Waals surface area contributed by atoms with E-state index < -0.39 is 11.9 Å². The molecule has 1 aromatic carbocycles. The molecule has 3 rings (SSSR count). The summed E-state index contributed by atoms with van der Waals surface area (Å²) < 4.78 is 0. The lowest BCUT2D eigenvalue weighted by Gasteiger charge is -2.27. The van der Waals surface area contributed by atoms with E-state index in [2.05, 4.69) is 0 Å². The van der Waals surface area contributed by atoms with Gasteiger partial charge in [-0.3, -0.25) is 9.59 Å². The second kappa shape index (κ2) is 7.29. The van der Waals surface area contributed by atoms with E-state index in [1.807, 2.05) is 17.5 Å². The van der Waals surface area contributed by atoms with Gasteiger partial charge >= 0.3 is 5.97 Å². The van der Waals surface area contributed by atoms with E-state index in [1.165, 1.54) is 12.1 Å². The molecule has 1 aliphatic heterocycles. The minimum atomic E-state index is -0.979. The van der Waals surface area contributed by atoms with Crippen LogP contribution in [0.25, 0.3) is 0 Å². The van der Waals surface area contributed by atoms with Gasteiger partial charge in [0.2, 0.25) is 11.8 Å². The number of nitrogens with zero attached hydrogens (tertiary/aromatic N) is 2. The number of amides is 2. The minimum Gasteiger partial charge on any atom is -0.478 e. The van der Waals surface area contributed by atoms with Crippen LogP contribution in [0.2, 0.25) is 0 Å². The maximum absolute atomic E-state index is 13.0. The van der Waals surface area contributed by atoms with Crippen molar-refractivity contribution in [3.63, 3.8) is 0 Å². The van der Waals surface area contributed by atoms with Gasteiger partial charge in [0.25, 0.3) is 0 Å². The van der Waals surface area contributed by atoms with Gasteiger partial charge in [-0.25, -0.2) is 4.79 Å². The van der Waals surface area contributed by atoms with E-state index in [0.29, 0.717) is 6.54 Å². The summed E-state index contributed by atoms with van der Waals surface area (Å²) in [5, 5.41) is 10.9. The molecule has 0 unspecified atom stereocenters. The van der Waals surface area contributed by atoms with Crippen molar-refractivity contribution in [3.8, 4) is 0 Å². The Labute approximate surface area is 155 Å². The molecule has 1 saturated heterocycles. The summed E-state index contributed by atoms with van der Waals surface area (Å²) in [6.45, 7) is 0.365. The summed E-state index contributed by atoms with van der Waals surface area (Å²) in [7, 11) is 3.45. The standard InChI is InChI=1S/C19H20N2O4S/c1-20(11-12-5-7-13(8-6-12)19(24)25)18(23)14-10-16(22)21(2)17(14)15-4-3-9-26-15/h3-9,14,17H,10-11H2,1-2H3,(H,24,25)/t14-,17-/m1/s1. The van der Waals surface area contributed by atoms with Crippen molar-refractivity contribution in [2.75, 3.05) is 14.1 Å². The Morgan fingerprint density at radius 2 is 1.96 bits per heavy atom. The highest BCUT2D eigenvalue weighted by Crippen LogP contribution is 2.39. The largest absolute Gasteiger partial charge is 0.478 e. The molecule has 2 aromatic rings. The molecule has 136 valence electrons. The highest BCUT2D eigenvalue weighted by atomic mass is 32.1. The van der Waals surface area contributed by atoms with Crippen molar-refractivity contribution in [1.29, 1.82) is 0 Å². The van der Waals surface area contributed by atoms with Gasteiger partial charge in [0.1, 0.15) is 0 Å². The van der Waals surface area contributed by atoms with Gasteiger partial charge in [0.05, 0.1) is 17.5 Å². The zero-order valence-electron chi connectivity index (χ0n) is 14.6. The number of carbonyl (C=O) groups is 3. The molecule has 26 heavy (non-hydrogen) atoms. The Morgan fingerprint density at radius 1 is 1.27 bits per heavy atom. The number of rotatable bonds is 5. The van der Waals surface area contributed by atoms with E-state index >= 15 is 0 Å². The van der Waals surface area contributed by atoms with Gasteiger partial charge in [0.15, 0.2) is 0 Å². The summed E-state index contributed by atoms with van der Waals surface area (Å²) >= 11 is 1.55. The highest BCUT2D eigenvalue weighted by Gasteiger charge is 2.44. The predicted octanol–water partition coefficient (Wildman–Crippen LogP) is 2.62. The Balaban J connectivity index is 1.74. The molecular weight excluding hydrogens is 352 g/mol. The van der Waals surface area contributed by atoms with Crippen molar-refractivity contribution in [3.05, 3.63) is 57.8 Å². The van der Waals surface area contributed by atoms with Gasteiger partial charge in [-0.1, -0.05) is 18.2 Å². The van der Waals surface area contributed by atoms with E-state index in [9.17, 15) is 14.4 Å². The number of thiophene rings is 1. The summed E-state index contributed by atoms with van der Waals surface area (Å²) in [5.74, 6) is -1.49. The van der Waals surface area contributed by atoms with Crippen LogP contribution in [0.15, 0.2) is 41.8 Å². The zero-order valence-corrected chi connectivity index (χ0v) is 15.4. The first kappa shape index (κ1) is 18.1. The molecule has 6 nitrogen and oxygen atoms in total. The quantitative estimate of drug-likeness (QED) is 0.875. The first-order chi connectivity index (χ1) is 12.4. The van der Waals surface area contributed by atoms with Crippen LogP contribution in [-0.2, 0) is 16.1 Å². The van der Waals surface area contributed by atoms with E-state index in [0.717, 1.165) is 10.4 Å². The summed E-state index contributed by atoms with van der Waals surface area (Å²) in [6.07, 6.45) is 0.209. The molecule has 1 aromatic heterocycles. The first-order valence-electron chi connectivity index (χ1n) is 8.24. The molecule has 0 aliphatic carbocycles. The van der Waals surface area contributed by atoms with Gasteiger partial charge in [-0.05, 0) is 29.1 Å². The van der Waals surface area contributed by atoms with E-state index in [-0.39, 0.29) is 29.8 Å². The monoisotopic (exact) mass is 372 g/mol. The highest BCUT2D eigenvalue weighted by molar-refractivity contribution is 7.10. The maximum Gasteiger partial charge on any atom is 0.335 e. The zero-order chi connectivity index (χ0) is 18.8. The van der Waals surface area contributed by atoms with Crippen molar-refractivity contribution < 1.29 is 19.5 Å². The number of hydrogen-bond acceptors (Lipinski definition) is 4. The summed E-state index contributed by atoms with van der Waals surface area (Å²) in [6, 6.07) is 10.1. The molecule has 2 amide bonds. The molecule has 0 radical (unpaired) electrons. The smallest absolute Gasteiger partial charge is 0.335 e. The average Bonchev–Trinajstić information content (AvgIpc) is 3.23. The lowest BCUT2D eigenvalue weighted by molar-refractivity contribution is -0.135.